The van der Waals surface area contributed by atoms with Crippen molar-refractivity contribution in [2.75, 3.05) is 0 Å². The molecule has 0 aliphatic rings. The number of benzene rings is 2. The van der Waals surface area contributed by atoms with Gasteiger partial charge in [-0.1, -0.05) is 41.9 Å². The number of carbonyl (C=O) groups excluding carboxylic acids is 1. The van der Waals surface area contributed by atoms with Gasteiger partial charge in [-0.05, 0) is 23.3 Å². The smallest absolute Gasteiger partial charge is 0.336 e. The van der Waals surface area contributed by atoms with Crippen molar-refractivity contribution in [2.24, 2.45) is 0 Å². The second-order valence-electron chi connectivity index (χ2n) is 5.04. The number of aromatic carboxylic acids is 1. The Labute approximate surface area is 142 Å². The third-order valence-corrected chi connectivity index (χ3v) is 3.62. The number of hydrogen-bond acceptors (Lipinski definition) is 3. The number of amides is 1. The van der Waals surface area contributed by atoms with Gasteiger partial charge in [0.25, 0.3) is 5.91 Å². The molecule has 0 fully saturated rings. The molecular formula is C17H14ClNO5. The lowest BCUT2D eigenvalue weighted by atomic mass is 10.1. The Kier molecular flexibility index (Phi) is 5.55. The summed E-state index contributed by atoms with van der Waals surface area (Å²) in [6.45, 7) is 0.163. The summed E-state index contributed by atoms with van der Waals surface area (Å²) in [4.78, 5) is 34.1. The maximum Gasteiger partial charge on any atom is 0.336 e. The first-order valence-electron chi connectivity index (χ1n) is 6.98. The minimum absolute atomic E-state index is 0.0595. The predicted octanol–water partition coefficient (Wildman–Crippen LogP) is 2.60. The zero-order chi connectivity index (χ0) is 17.7. The number of carboxylic acid groups (broad SMARTS) is 2. The number of rotatable bonds is 6. The fourth-order valence-electron chi connectivity index (χ4n) is 2.15. The lowest BCUT2D eigenvalue weighted by Crippen LogP contribution is -2.25. The molecule has 0 unspecified atom stereocenters. The molecule has 0 saturated carbocycles. The van der Waals surface area contributed by atoms with Crippen LogP contribution in [-0.2, 0) is 17.8 Å². The molecule has 0 radical (unpaired) electrons. The molecule has 124 valence electrons. The van der Waals surface area contributed by atoms with Gasteiger partial charge in [0, 0.05) is 6.54 Å². The fraction of sp³-hybridized carbons (Fsp3) is 0.118. The number of carbonyl (C=O) groups is 3. The first-order valence-corrected chi connectivity index (χ1v) is 7.36. The van der Waals surface area contributed by atoms with E-state index in [0.29, 0.717) is 5.56 Å². The predicted molar refractivity (Wildman–Crippen MR) is 87.4 cm³/mol. The zero-order valence-electron chi connectivity index (χ0n) is 12.5. The van der Waals surface area contributed by atoms with Crippen LogP contribution in [0.1, 0.15) is 31.8 Å². The molecule has 2 rings (SSSR count). The van der Waals surface area contributed by atoms with Crippen molar-refractivity contribution in [3.05, 3.63) is 69.7 Å². The number of halogens is 1. The van der Waals surface area contributed by atoms with Crippen LogP contribution in [0.15, 0.2) is 42.5 Å². The topological polar surface area (TPSA) is 104 Å². The Morgan fingerprint density at radius 3 is 2.17 bits per heavy atom. The number of nitrogens with one attached hydrogen (secondary N) is 1. The number of hydrogen-bond donors (Lipinski definition) is 3. The maximum atomic E-state index is 12.2. The third-order valence-electron chi connectivity index (χ3n) is 3.30. The highest BCUT2D eigenvalue weighted by molar-refractivity contribution is 6.34. The second kappa shape index (κ2) is 7.61. The molecule has 0 heterocycles. The van der Waals surface area contributed by atoms with Gasteiger partial charge in [0.15, 0.2) is 0 Å². The first-order chi connectivity index (χ1) is 11.4. The van der Waals surface area contributed by atoms with Crippen LogP contribution >= 0.6 is 11.6 Å². The Morgan fingerprint density at radius 2 is 1.58 bits per heavy atom. The van der Waals surface area contributed by atoms with E-state index in [-0.39, 0.29) is 29.1 Å². The second-order valence-corrected chi connectivity index (χ2v) is 5.44. The molecule has 0 bridgehead atoms. The minimum atomic E-state index is -1.24. The molecule has 0 atom stereocenters. The van der Waals surface area contributed by atoms with Crippen LogP contribution in [0, 0.1) is 0 Å². The summed E-state index contributed by atoms with van der Waals surface area (Å²) in [5.74, 6) is -2.75. The average Bonchev–Trinajstić information content (AvgIpc) is 2.53. The largest absolute Gasteiger partial charge is 0.481 e. The molecule has 0 aliphatic carbocycles. The van der Waals surface area contributed by atoms with E-state index >= 15 is 0 Å². The summed E-state index contributed by atoms with van der Waals surface area (Å²) in [7, 11) is 0. The molecule has 24 heavy (non-hydrogen) atoms. The highest BCUT2D eigenvalue weighted by Gasteiger charge is 2.19. The molecule has 0 aliphatic heterocycles. The third kappa shape index (κ3) is 4.33. The number of carboxylic acids is 2. The minimum Gasteiger partial charge on any atom is -0.481 e. The van der Waals surface area contributed by atoms with Crippen molar-refractivity contribution in [1.29, 1.82) is 0 Å². The molecule has 3 N–H and O–H groups in total. The van der Waals surface area contributed by atoms with Gasteiger partial charge < -0.3 is 15.5 Å². The molecule has 2 aromatic carbocycles. The summed E-state index contributed by atoms with van der Waals surface area (Å²) >= 11 is 5.94. The Balaban J connectivity index is 2.09. The van der Waals surface area contributed by atoms with E-state index in [1.54, 1.807) is 24.3 Å². The Hall–Kier alpha value is -2.86. The van der Waals surface area contributed by atoms with Crippen LogP contribution in [0.4, 0.5) is 0 Å². The molecule has 0 aromatic heterocycles. The van der Waals surface area contributed by atoms with Gasteiger partial charge in [-0.3, -0.25) is 9.59 Å². The van der Waals surface area contributed by atoms with Crippen molar-refractivity contribution >= 4 is 29.4 Å². The first kappa shape index (κ1) is 17.5. The summed E-state index contributed by atoms with van der Waals surface area (Å²) in [6, 6.07) is 10.9. The van der Waals surface area contributed by atoms with Gasteiger partial charge in [-0.25, -0.2) is 4.79 Å². The molecule has 2 aromatic rings. The summed E-state index contributed by atoms with van der Waals surface area (Å²) in [5.41, 5.74) is 1.14. The van der Waals surface area contributed by atoms with E-state index in [1.165, 1.54) is 18.2 Å². The normalized spacial score (nSPS) is 10.2. The van der Waals surface area contributed by atoms with Crippen molar-refractivity contribution in [1.82, 2.24) is 5.32 Å². The van der Waals surface area contributed by atoms with E-state index in [2.05, 4.69) is 5.32 Å². The monoisotopic (exact) mass is 347 g/mol. The van der Waals surface area contributed by atoms with Crippen LogP contribution in [0.3, 0.4) is 0 Å². The van der Waals surface area contributed by atoms with E-state index < -0.39 is 17.8 Å². The van der Waals surface area contributed by atoms with Crippen LogP contribution in [0.5, 0.6) is 0 Å². The molecular weight excluding hydrogens is 334 g/mol. The van der Waals surface area contributed by atoms with Crippen molar-refractivity contribution < 1.29 is 24.6 Å². The van der Waals surface area contributed by atoms with Gasteiger partial charge in [0.1, 0.15) is 0 Å². The SMILES string of the molecule is O=C(O)Cc1ccc(CNC(=O)c2c(Cl)cccc2C(=O)O)cc1. The highest BCUT2D eigenvalue weighted by Crippen LogP contribution is 2.20. The van der Waals surface area contributed by atoms with E-state index in [4.69, 9.17) is 21.8 Å². The summed E-state index contributed by atoms with van der Waals surface area (Å²) in [6.07, 6.45) is -0.0752. The Morgan fingerprint density at radius 1 is 0.958 bits per heavy atom. The van der Waals surface area contributed by atoms with Gasteiger partial charge in [-0.15, -0.1) is 0 Å². The maximum absolute atomic E-state index is 12.2. The highest BCUT2D eigenvalue weighted by atomic mass is 35.5. The number of aliphatic carboxylic acids is 1. The van der Waals surface area contributed by atoms with Crippen molar-refractivity contribution in [2.45, 2.75) is 13.0 Å². The summed E-state index contributed by atoms with van der Waals surface area (Å²) in [5, 5.41) is 20.5. The van der Waals surface area contributed by atoms with Gasteiger partial charge >= 0.3 is 11.9 Å². The van der Waals surface area contributed by atoms with Gasteiger partial charge in [0.05, 0.1) is 22.6 Å². The van der Waals surface area contributed by atoms with E-state index in [9.17, 15) is 14.4 Å². The van der Waals surface area contributed by atoms with Crippen LogP contribution in [0.25, 0.3) is 0 Å². The molecule has 6 nitrogen and oxygen atoms in total. The quantitative estimate of drug-likeness (QED) is 0.745. The van der Waals surface area contributed by atoms with Crippen molar-refractivity contribution in [3.63, 3.8) is 0 Å². The lowest BCUT2D eigenvalue weighted by Gasteiger charge is -2.10. The van der Waals surface area contributed by atoms with Crippen LogP contribution in [0.2, 0.25) is 5.02 Å². The fourth-order valence-corrected chi connectivity index (χ4v) is 2.41. The van der Waals surface area contributed by atoms with Crippen LogP contribution < -0.4 is 5.32 Å². The Bertz CT molecular complexity index is 786. The summed E-state index contributed by atoms with van der Waals surface area (Å²) < 4.78 is 0. The van der Waals surface area contributed by atoms with Crippen LogP contribution in [-0.4, -0.2) is 28.1 Å². The van der Waals surface area contributed by atoms with E-state index in [1.807, 2.05) is 0 Å². The molecule has 1 amide bonds. The lowest BCUT2D eigenvalue weighted by molar-refractivity contribution is -0.136. The zero-order valence-corrected chi connectivity index (χ0v) is 13.2. The standard InChI is InChI=1S/C17H14ClNO5/c18-13-3-1-2-12(17(23)24)15(13)16(22)19-9-11-6-4-10(5-7-11)8-14(20)21/h1-7H,8-9H2,(H,19,22)(H,20,21)(H,23,24). The van der Waals surface area contributed by atoms with Crippen molar-refractivity contribution in [3.8, 4) is 0 Å². The van der Waals surface area contributed by atoms with Gasteiger partial charge in [-0.2, -0.15) is 0 Å². The average molecular weight is 348 g/mol. The molecule has 0 saturated heterocycles. The molecule has 0 spiro atoms. The van der Waals surface area contributed by atoms with E-state index in [0.717, 1.165) is 5.56 Å². The molecule has 7 heteroatoms. The van der Waals surface area contributed by atoms with Gasteiger partial charge in [0.2, 0.25) is 0 Å².